The largest absolute Gasteiger partial charge is 0.480 e. The van der Waals surface area contributed by atoms with Crippen LogP contribution in [0.5, 0.6) is 0 Å². The van der Waals surface area contributed by atoms with Gasteiger partial charge in [0.1, 0.15) is 6.54 Å². The second-order valence-electron chi connectivity index (χ2n) is 6.72. The highest BCUT2D eigenvalue weighted by Crippen LogP contribution is 2.65. The first-order valence-electron chi connectivity index (χ1n) is 7.44. The van der Waals surface area contributed by atoms with Crippen LogP contribution in [0.1, 0.15) is 32.1 Å². The number of aliphatic carboxylic acids is 1. The zero-order valence-electron chi connectivity index (χ0n) is 10.9. The molecule has 19 heavy (non-hydrogen) atoms. The maximum Gasteiger partial charge on any atom is 0.323 e. The van der Waals surface area contributed by atoms with E-state index in [4.69, 9.17) is 5.11 Å². The van der Waals surface area contributed by atoms with Crippen molar-refractivity contribution in [3.8, 4) is 0 Å². The molecule has 2 bridgehead atoms. The molecule has 0 aromatic heterocycles. The van der Waals surface area contributed by atoms with Crippen molar-refractivity contribution in [2.75, 3.05) is 6.54 Å². The lowest BCUT2D eigenvalue weighted by Crippen LogP contribution is -2.46. The number of hydrogen-bond acceptors (Lipinski definition) is 2. The number of amides is 2. The molecule has 2 N–H and O–H groups in total. The molecule has 0 radical (unpaired) electrons. The van der Waals surface area contributed by atoms with Crippen LogP contribution in [-0.4, -0.2) is 40.6 Å². The fraction of sp³-hybridized carbons (Fsp3) is 0.857. The van der Waals surface area contributed by atoms with E-state index in [9.17, 15) is 9.59 Å². The van der Waals surface area contributed by atoms with Crippen molar-refractivity contribution >= 4 is 12.0 Å². The van der Waals surface area contributed by atoms with Crippen molar-refractivity contribution in [1.29, 1.82) is 0 Å². The molecule has 0 aliphatic heterocycles. The molecule has 5 heteroatoms. The lowest BCUT2D eigenvalue weighted by Gasteiger charge is -2.22. The molecule has 0 spiro atoms. The van der Waals surface area contributed by atoms with Gasteiger partial charge in [0.2, 0.25) is 0 Å². The summed E-state index contributed by atoms with van der Waals surface area (Å²) in [5.41, 5.74) is 0. The van der Waals surface area contributed by atoms with E-state index in [0.29, 0.717) is 17.9 Å². The van der Waals surface area contributed by atoms with E-state index < -0.39 is 5.97 Å². The van der Waals surface area contributed by atoms with Crippen LogP contribution in [-0.2, 0) is 4.79 Å². The smallest absolute Gasteiger partial charge is 0.323 e. The third kappa shape index (κ3) is 1.82. The summed E-state index contributed by atoms with van der Waals surface area (Å²) in [5.74, 6) is 2.14. The second kappa shape index (κ2) is 3.87. The fourth-order valence-electron chi connectivity index (χ4n) is 4.64. The Balaban J connectivity index is 1.37. The summed E-state index contributed by atoms with van der Waals surface area (Å²) in [5, 5.41) is 12.0. The third-order valence-electron chi connectivity index (χ3n) is 5.58. The molecule has 2 amide bonds. The van der Waals surface area contributed by atoms with E-state index in [0.717, 1.165) is 24.7 Å². The first-order chi connectivity index (χ1) is 9.15. The predicted octanol–water partition coefficient (Wildman–Crippen LogP) is 1.29. The highest BCUT2D eigenvalue weighted by Gasteiger charge is 2.65. The van der Waals surface area contributed by atoms with Gasteiger partial charge < -0.3 is 15.3 Å². The number of nitrogens with zero attached hydrogens (tertiary/aromatic N) is 1. The van der Waals surface area contributed by atoms with Gasteiger partial charge in [0.15, 0.2) is 0 Å². The van der Waals surface area contributed by atoms with E-state index in [2.05, 4.69) is 5.32 Å². The molecule has 4 fully saturated rings. The van der Waals surface area contributed by atoms with E-state index in [-0.39, 0.29) is 18.6 Å². The molecular weight excluding hydrogens is 244 g/mol. The molecule has 0 aromatic carbocycles. The molecule has 4 rings (SSSR count). The molecule has 0 heterocycles. The van der Waals surface area contributed by atoms with E-state index in [1.807, 2.05) is 0 Å². The molecular formula is C14H20N2O3. The van der Waals surface area contributed by atoms with Gasteiger partial charge in [0.05, 0.1) is 0 Å². The maximum absolute atomic E-state index is 12.2. The SMILES string of the molecule is O=C(O)CN(C(=O)NC1C2C3CCC(C3)C12)C1CC1. The van der Waals surface area contributed by atoms with Gasteiger partial charge in [-0.15, -0.1) is 0 Å². The fourth-order valence-corrected chi connectivity index (χ4v) is 4.64. The molecule has 4 saturated carbocycles. The minimum Gasteiger partial charge on any atom is -0.480 e. The first kappa shape index (κ1) is 11.6. The van der Waals surface area contributed by atoms with E-state index in [1.54, 1.807) is 0 Å². The Hall–Kier alpha value is -1.26. The van der Waals surface area contributed by atoms with Gasteiger partial charge in [-0.2, -0.15) is 0 Å². The average molecular weight is 264 g/mol. The number of hydrogen-bond donors (Lipinski definition) is 2. The highest BCUT2D eigenvalue weighted by molar-refractivity contribution is 5.81. The number of urea groups is 1. The van der Waals surface area contributed by atoms with Gasteiger partial charge in [-0.25, -0.2) is 4.79 Å². The van der Waals surface area contributed by atoms with Gasteiger partial charge in [0, 0.05) is 12.1 Å². The third-order valence-corrected chi connectivity index (χ3v) is 5.58. The maximum atomic E-state index is 12.2. The normalized spacial score (nSPS) is 41.8. The Bertz CT molecular complexity index is 418. The van der Waals surface area contributed by atoms with Crippen molar-refractivity contribution in [3.63, 3.8) is 0 Å². The van der Waals surface area contributed by atoms with Crippen LogP contribution in [0.15, 0.2) is 0 Å². The molecule has 0 saturated heterocycles. The van der Waals surface area contributed by atoms with Crippen molar-refractivity contribution in [2.45, 2.75) is 44.2 Å². The van der Waals surface area contributed by atoms with E-state index in [1.165, 1.54) is 24.2 Å². The topological polar surface area (TPSA) is 69.6 Å². The lowest BCUT2D eigenvalue weighted by molar-refractivity contribution is -0.137. The van der Waals surface area contributed by atoms with Crippen LogP contribution in [0.4, 0.5) is 4.79 Å². The van der Waals surface area contributed by atoms with Crippen molar-refractivity contribution < 1.29 is 14.7 Å². The molecule has 5 nitrogen and oxygen atoms in total. The summed E-state index contributed by atoms with van der Waals surface area (Å²) in [6.45, 7) is -0.161. The monoisotopic (exact) mass is 264 g/mol. The quantitative estimate of drug-likeness (QED) is 0.804. The summed E-state index contributed by atoms with van der Waals surface area (Å²) in [6.07, 6.45) is 5.93. The Kier molecular flexibility index (Phi) is 2.35. The van der Waals surface area contributed by atoms with Crippen LogP contribution in [0, 0.1) is 23.7 Å². The number of carbonyl (C=O) groups excluding carboxylic acids is 1. The summed E-state index contributed by atoms with van der Waals surface area (Å²) in [7, 11) is 0. The van der Waals surface area contributed by atoms with Crippen molar-refractivity contribution in [1.82, 2.24) is 10.2 Å². The zero-order chi connectivity index (χ0) is 13.1. The number of rotatable bonds is 4. The number of carbonyl (C=O) groups is 2. The van der Waals surface area contributed by atoms with Gasteiger partial charge in [-0.1, -0.05) is 0 Å². The molecule has 4 aliphatic carbocycles. The molecule has 4 aliphatic rings. The van der Waals surface area contributed by atoms with Gasteiger partial charge >= 0.3 is 12.0 Å². The second-order valence-corrected chi connectivity index (χ2v) is 6.72. The van der Waals surface area contributed by atoms with Crippen molar-refractivity contribution in [2.24, 2.45) is 23.7 Å². The summed E-state index contributed by atoms with van der Waals surface area (Å²) in [4.78, 5) is 24.6. The number of carboxylic acids is 1. The van der Waals surface area contributed by atoms with Gasteiger partial charge in [0.25, 0.3) is 0 Å². The standard InChI is InChI=1S/C14H20N2O3/c17-10(18)6-16(9-3-4-9)14(19)15-13-11-7-1-2-8(5-7)12(11)13/h7-9,11-13H,1-6H2,(H,15,19)(H,17,18). The van der Waals surface area contributed by atoms with Crippen LogP contribution in [0.25, 0.3) is 0 Å². The Morgan fingerprint density at radius 2 is 1.74 bits per heavy atom. The summed E-state index contributed by atoms with van der Waals surface area (Å²) >= 11 is 0. The van der Waals surface area contributed by atoms with Gasteiger partial charge in [-0.3, -0.25) is 4.79 Å². The molecule has 104 valence electrons. The Labute approximate surface area is 112 Å². The summed E-state index contributed by atoms with van der Waals surface area (Å²) < 4.78 is 0. The van der Waals surface area contributed by atoms with Crippen LogP contribution < -0.4 is 5.32 Å². The Morgan fingerprint density at radius 3 is 2.26 bits per heavy atom. The summed E-state index contributed by atoms with van der Waals surface area (Å²) in [6, 6.07) is 0.351. The molecule has 4 atom stereocenters. The Morgan fingerprint density at radius 1 is 1.11 bits per heavy atom. The molecule has 0 aromatic rings. The number of nitrogens with one attached hydrogen (secondary N) is 1. The number of fused-ring (bicyclic) bond motifs is 5. The van der Waals surface area contributed by atoms with Crippen molar-refractivity contribution in [3.05, 3.63) is 0 Å². The van der Waals surface area contributed by atoms with E-state index >= 15 is 0 Å². The van der Waals surface area contributed by atoms with Gasteiger partial charge in [-0.05, 0) is 55.8 Å². The highest BCUT2D eigenvalue weighted by atomic mass is 16.4. The van der Waals surface area contributed by atoms with Crippen LogP contribution in [0.3, 0.4) is 0 Å². The van der Waals surface area contributed by atoms with Crippen LogP contribution >= 0.6 is 0 Å². The lowest BCUT2D eigenvalue weighted by atomic mass is 10.0. The minimum absolute atomic E-state index is 0.149. The first-order valence-corrected chi connectivity index (χ1v) is 7.44. The number of carboxylic acid groups (broad SMARTS) is 1. The molecule has 4 unspecified atom stereocenters. The predicted molar refractivity (Wildman–Crippen MR) is 67.5 cm³/mol. The zero-order valence-corrected chi connectivity index (χ0v) is 10.9. The van der Waals surface area contributed by atoms with Crippen LogP contribution in [0.2, 0.25) is 0 Å². The minimum atomic E-state index is -0.918. The average Bonchev–Trinajstić information content (AvgIpc) is 3.25.